The number of ether oxygens (including phenoxy) is 1. The Kier molecular flexibility index (Phi) is 7.09. The largest absolute Gasteiger partial charge is 0.378 e. The topological polar surface area (TPSA) is 50.3 Å². The number of aromatic nitrogens is 2. The van der Waals surface area contributed by atoms with Gasteiger partial charge in [0.15, 0.2) is 0 Å². The molecule has 0 atom stereocenters. The van der Waals surface area contributed by atoms with Gasteiger partial charge >= 0.3 is 0 Å². The number of nitrogens with zero attached hydrogens (tertiary/aromatic N) is 3. The van der Waals surface area contributed by atoms with Crippen molar-refractivity contribution in [2.75, 3.05) is 37.0 Å². The summed E-state index contributed by atoms with van der Waals surface area (Å²) < 4.78 is 6.09. The zero-order chi connectivity index (χ0) is 14.3. The van der Waals surface area contributed by atoms with Gasteiger partial charge in [0, 0.05) is 26.7 Å². The van der Waals surface area contributed by atoms with Crippen LogP contribution in [0.4, 0.5) is 11.8 Å². The normalized spacial score (nSPS) is 10.6. The van der Waals surface area contributed by atoms with Crippen molar-refractivity contribution in [3.63, 3.8) is 0 Å². The number of hydrogen-bond donors (Lipinski definition) is 1. The molecule has 108 valence electrons. The van der Waals surface area contributed by atoms with E-state index in [4.69, 9.17) is 4.74 Å². The molecule has 0 aliphatic heterocycles. The van der Waals surface area contributed by atoms with Crippen molar-refractivity contribution < 1.29 is 4.74 Å². The molecule has 6 heteroatoms. The van der Waals surface area contributed by atoms with E-state index in [0.29, 0.717) is 6.61 Å². The second-order valence-electron chi connectivity index (χ2n) is 4.16. The van der Waals surface area contributed by atoms with Gasteiger partial charge in [0.2, 0.25) is 5.95 Å². The Balaban J connectivity index is 3.13. The predicted octanol–water partition coefficient (Wildman–Crippen LogP) is 3.05. The van der Waals surface area contributed by atoms with Crippen molar-refractivity contribution in [2.24, 2.45) is 0 Å². The number of methoxy groups -OCH3 is 1. The van der Waals surface area contributed by atoms with E-state index in [9.17, 15) is 0 Å². The highest BCUT2D eigenvalue weighted by atomic mass is 79.9. The SMILES string of the molecule is CCCNc1nc(N(CC)CC)nc(COC)c1Br. The maximum absolute atomic E-state index is 5.20. The molecule has 0 saturated heterocycles. The van der Waals surface area contributed by atoms with Gasteiger partial charge in [0.05, 0.1) is 16.8 Å². The first kappa shape index (κ1) is 16.2. The molecule has 1 heterocycles. The van der Waals surface area contributed by atoms with Crippen LogP contribution in [0.3, 0.4) is 0 Å². The Labute approximate surface area is 123 Å². The van der Waals surface area contributed by atoms with Crippen LogP contribution >= 0.6 is 15.9 Å². The Bertz CT molecular complexity index is 396. The minimum absolute atomic E-state index is 0.470. The minimum Gasteiger partial charge on any atom is -0.378 e. The first-order valence-corrected chi connectivity index (χ1v) is 7.51. The van der Waals surface area contributed by atoms with Crippen molar-refractivity contribution in [1.29, 1.82) is 0 Å². The molecule has 0 bridgehead atoms. The van der Waals surface area contributed by atoms with Crippen LogP contribution in [0.5, 0.6) is 0 Å². The molecule has 0 aliphatic carbocycles. The molecule has 0 aromatic carbocycles. The number of rotatable bonds is 8. The smallest absolute Gasteiger partial charge is 0.227 e. The fraction of sp³-hybridized carbons (Fsp3) is 0.692. The van der Waals surface area contributed by atoms with Gasteiger partial charge in [-0.15, -0.1) is 0 Å². The van der Waals surface area contributed by atoms with Crippen LogP contribution < -0.4 is 10.2 Å². The van der Waals surface area contributed by atoms with Crippen molar-refractivity contribution in [3.05, 3.63) is 10.2 Å². The molecule has 0 radical (unpaired) electrons. The van der Waals surface area contributed by atoms with Crippen molar-refractivity contribution >= 4 is 27.7 Å². The van der Waals surface area contributed by atoms with Gasteiger partial charge in [-0.05, 0) is 36.2 Å². The predicted molar refractivity (Wildman–Crippen MR) is 82.8 cm³/mol. The summed E-state index contributed by atoms with van der Waals surface area (Å²) in [6.45, 7) is 9.46. The van der Waals surface area contributed by atoms with E-state index >= 15 is 0 Å². The summed E-state index contributed by atoms with van der Waals surface area (Å²) in [6.07, 6.45) is 1.05. The van der Waals surface area contributed by atoms with Gasteiger partial charge in [0.25, 0.3) is 0 Å². The second kappa shape index (κ2) is 8.32. The van der Waals surface area contributed by atoms with Crippen LogP contribution in [-0.4, -0.2) is 36.7 Å². The third kappa shape index (κ3) is 4.31. The van der Waals surface area contributed by atoms with E-state index in [1.165, 1.54) is 0 Å². The molecule has 0 spiro atoms. The molecule has 5 nitrogen and oxygen atoms in total. The minimum atomic E-state index is 0.470. The summed E-state index contributed by atoms with van der Waals surface area (Å²) in [6, 6.07) is 0. The van der Waals surface area contributed by atoms with E-state index in [1.54, 1.807) is 7.11 Å². The lowest BCUT2D eigenvalue weighted by atomic mass is 10.4. The molecule has 0 fully saturated rings. The molecule has 1 N–H and O–H groups in total. The lowest BCUT2D eigenvalue weighted by Crippen LogP contribution is -2.25. The molecule has 0 amide bonds. The molecule has 1 aromatic rings. The summed E-state index contributed by atoms with van der Waals surface area (Å²) in [5, 5.41) is 3.32. The first-order chi connectivity index (χ1) is 9.17. The zero-order valence-corrected chi connectivity index (χ0v) is 13.7. The summed E-state index contributed by atoms with van der Waals surface area (Å²) in [7, 11) is 1.67. The summed E-state index contributed by atoms with van der Waals surface area (Å²) >= 11 is 3.55. The molecule has 0 aliphatic rings. The van der Waals surface area contributed by atoms with E-state index in [-0.39, 0.29) is 0 Å². The number of hydrogen-bond acceptors (Lipinski definition) is 5. The molecule has 1 aromatic heterocycles. The average molecular weight is 331 g/mol. The van der Waals surface area contributed by atoms with Crippen molar-refractivity contribution in [2.45, 2.75) is 33.8 Å². The van der Waals surface area contributed by atoms with E-state index in [0.717, 1.165) is 48.0 Å². The lowest BCUT2D eigenvalue weighted by Gasteiger charge is -2.21. The van der Waals surface area contributed by atoms with Gasteiger partial charge < -0.3 is 15.0 Å². The van der Waals surface area contributed by atoms with E-state index in [1.807, 2.05) is 0 Å². The molecule has 0 unspecified atom stereocenters. The first-order valence-electron chi connectivity index (χ1n) is 6.71. The fourth-order valence-electron chi connectivity index (χ4n) is 1.72. The lowest BCUT2D eigenvalue weighted by molar-refractivity contribution is 0.181. The third-order valence-corrected chi connectivity index (χ3v) is 3.61. The van der Waals surface area contributed by atoms with E-state index < -0.39 is 0 Å². The van der Waals surface area contributed by atoms with Gasteiger partial charge in [-0.25, -0.2) is 4.98 Å². The van der Waals surface area contributed by atoms with Gasteiger partial charge in [-0.2, -0.15) is 4.98 Å². The highest BCUT2D eigenvalue weighted by Gasteiger charge is 2.14. The average Bonchev–Trinajstić information content (AvgIpc) is 2.42. The molecular weight excluding hydrogens is 308 g/mol. The maximum atomic E-state index is 5.20. The van der Waals surface area contributed by atoms with Crippen LogP contribution in [0, 0.1) is 0 Å². The molecular formula is C13H23BrN4O. The van der Waals surface area contributed by atoms with Gasteiger partial charge in [0.1, 0.15) is 5.82 Å². The standard InChI is InChI=1S/C13H23BrN4O/c1-5-8-15-12-11(14)10(9-19-4)16-13(17-12)18(6-2)7-3/h5-9H2,1-4H3,(H,15,16,17). The molecule has 1 rings (SSSR count). The van der Waals surface area contributed by atoms with Crippen LogP contribution in [0.2, 0.25) is 0 Å². The fourth-order valence-corrected chi connectivity index (χ4v) is 2.15. The third-order valence-electron chi connectivity index (χ3n) is 2.78. The van der Waals surface area contributed by atoms with Gasteiger partial charge in [-0.1, -0.05) is 6.92 Å². The summed E-state index contributed by atoms with van der Waals surface area (Å²) in [5.74, 6) is 1.59. The quantitative estimate of drug-likeness (QED) is 0.793. The highest BCUT2D eigenvalue weighted by molar-refractivity contribution is 9.10. The number of anilines is 2. The Morgan fingerprint density at radius 2 is 1.89 bits per heavy atom. The van der Waals surface area contributed by atoms with Crippen molar-refractivity contribution in [1.82, 2.24) is 9.97 Å². The van der Waals surface area contributed by atoms with Crippen molar-refractivity contribution in [3.8, 4) is 0 Å². The number of nitrogens with one attached hydrogen (secondary N) is 1. The highest BCUT2D eigenvalue weighted by Crippen LogP contribution is 2.26. The van der Waals surface area contributed by atoms with Crippen LogP contribution in [0.1, 0.15) is 32.9 Å². The summed E-state index contributed by atoms with van der Waals surface area (Å²) in [4.78, 5) is 11.3. The van der Waals surface area contributed by atoms with Crippen LogP contribution in [-0.2, 0) is 11.3 Å². The Morgan fingerprint density at radius 1 is 1.21 bits per heavy atom. The Hall–Kier alpha value is -0.880. The zero-order valence-electron chi connectivity index (χ0n) is 12.2. The molecule has 0 saturated carbocycles. The Morgan fingerprint density at radius 3 is 2.42 bits per heavy atom. The monoisotopic (exact) mass is 330 g/mol. The van der Waals surface area contributed by atoms with E-state index in [2.05, 4.69) is 56.9 Å². The molecule has 19 heavy (non-hydrogen) atoms. The van der Waals surface area contributed by atoms with Gasteiger partial charge in [-0.3, -0.25) is 0 Å². The van der Waals surface area contributed by atoms with Crippen LogP contribution in [0.25, 0.3) is 0 Å². The summed E-state index contributed by atoms with van der Waals surface area (Å²) in [5.41, 5.74) is 0.873. The second-order valence-corrected chi connectivity index (χ2v) is 4.96. The maximum Gasteiger partial charge on any atom is 0.227 e. The number of halogens is 1. The van der Waals surface area contributed by atoms with Crippen LogP contribution in [0.15, 0.2) is 4.47 Å².